The van der Waals surface area contributed by atoms with Crippen molar-refractivity contribution in [2.24, 2.45) is 4.99 Å². The fraction of sp³-hybridized carbons (Fsp3) is 0.259. The number of nitrogens with zero attached hydrogens (tertiary/aromatic N) is 3. The first-order chi connectivity index (χ1) is 17.3. The maximum atomic E-state index is 13.5. The van der Waals surface area contributed by atoms with Crippen molar-refractivity contribution >= 4 is 17.4 Å². The van der Waals surface area contributed by atoms with Gasteiger partial charge in [0.1, 0.15) is 23.0 Å². The Bertz CT molecular complexity index is 1340. The number of methoxy groups -OCH3 is 1. The molecule has 3 aromatic rings. The van der Waals surface area contributed by atoms with Crippen LogP contribution in [0.5, 0.6) is 17.2 Å². The quantitative estimate of drug-likeness (QED) is 0.455. The molecule has 9 heteroatoms. The number of carbonyl (C=O) groups is 1. The normalized spacial score (nSPS) is 17.4. The van der Waals surface area contributed by atoms with Crippen LogP contribution in [0.25, 0.3) is 0 Å². The number of ether oxygens (including phenoxy) is 2. The number of hydrogen-bond donors (Lipinski definition) is 0. The summed E-state index contributed by atoms with van der Waals surface area (Å²) in [6.45, 7) is 2.85. The van der Waals surface area contributed by atoms with Gasteiger partial charge in [-0.15, -0.1) is 0 Å². The summed E-state index contributed by atoms with van der Waals surface area (Å²) in [7, 11) is 1.58. The third-order valence-corrected chi connectivity index (χ3v) is 6.39. The number of hydrogen-bond acceptors (Lipinski definition) is 5. The average Bonchev–Trinajstić information content (AvgIpc) is 3.04. The van der Waals surface area contributed by atoms with Gasteiger partial charge in [0.25, 0.3) is 5.91 Å². The molecule has 0 bridgehead atoms. The Hall–Kier alpha value is -4.01. The molecule has 1 amide bonds. The number of rotatable bonds is 2. The van der Waals surface area contributed by atoms with Gasteiger partial charge in [0, 0.05) is 25.7 Å². The molecule has 0 radical (unpaired) electrons. The largest absolute Gasteiger partial charge is 0.497 e. The minimum absolute atomic E-state index is 0.243. The molecule has 0 spiro atoms. The second-order valence-electron chi connectivity index (χ2n) is 8.70. The molecular formula is C27H24F3N3O3. The fourth-order valence-electron chi connectivity index (χ4n) is 4.59. The molecular weight excluding hydrogens is 471 g/mol. The van der Waals surface area contributed by atoms with Crippen molar-refractivity contribution in [1.29, 1.82) is 0 Å². The number of amidine groups is 1. The van der Waals surface area contributed by atoms with E-state index in [-0.39, 0.29) is 18.2 Å². The van der Waals surface area contributed by atoms with E-state index in [1.165, 1.54) is 23.1 Å². The summed E-state index contributed by atoms with van der Waals surface area (Å²) in [5.41, 5.74) is 0.134. The molecule has 0 unspecified atom stereocenters. The van der Waals surface area contributed by atoms with E-state index in [2.05, 4.69) is 0 Å². The minimum Gasteiger partial charge on any atom is -0.497 e. The van der Waals surface area contributed by atoms with E-state index in [0.29, 0.717) is 41.9 Å². The Morgan fingerprint density at radius 1 is 1.03 bits per heavy atom. The summed E-state index contributed by atoms with van der Waals surface area (Å²) in [4.78, 5) is 21.6. The molecule has 0 aliphatic carbocycles. The molecule has 2 aliphatic rings. The number of halogens is 3. The van der Waals surface area contributed by atoms with Crippen molar-refractivity contribution < 1.29 is 27.4 Å². The Morgan fingerprint density at radius 3 is 2.53 bits per heavy atom. The van der Waals surface area contributed by atoms with Crippen LogP contribution >= 0.6 is 0 Å². The number of carbonyl (C=O) groups excluding carboxylic acids is 1. The van der Waals surface area contributed by atoms with Gasteiger partial charge in [-0.3, -0.25) is 4.79 Å². The average molecular weight is 496 g/mol. The molecule has 1 fully saturated rings. The molecule has 6 nitrogen and oxygen atoms in total. The Kier molecular flexibility index (Phi) is 6.07. The first kappa shape index (κ1) is 23.7. The highest BCUT2D eigenvalue weighted by Gasteiger charge is 2.38. The first-order valence-electron chi connectivity index (χ1n) is 11.5. The van der Waals surface area contributed by atoms with Gasteiger partial charge in [0.15, 0.2) is 5.75 Å². The molecule has 2 aliphatic heterocycles. The van der Waals surface area contributed by atoms with Crippen LogP contribution in [0.1, 0.15) is 28.4 Å². The van der Waals surface area contributed by atoms with E-state index in [1.807, 2.05) is 54.3 Å². The smallest absolute Gasteiger partial charge is 0.417 e. The zero-order valence-corrected chi connectivity index (χ0v) is 19.7. The fourth-order valence-corrected chi connectivity index (χ4v) is 4.59. The summed E-state index contributed by atoms with van der Waals surface area (Å²) in [6, 6.07) is 17.5. The summed E-state index contributed by atoms with van der Waals surface area (Å²) >= 11 is 0. The molecule has 5 rings (SSSR count). The van der Waals surface area contributed by atoms with Gasteiger partial charge in [0.05, 0.1) is 23.8 Å². The van der Waals surface area contributed by atoms with Gasteiger partial charge in [-0.2, -0.15) is 13.2 Å². The monoisotopic (exact) mass is 495 g/mol. The van der Waals surface area contributed by atoms with Crippen molar-refractivity contribution in [3.05, 3.63) is 83.4 Å². The highest BCUT2D eigenvalue weighted by atomic mass is 19.4. The molecule has 3 aromatic carbocycles. The lowest BCUT2D eigenvalue weighted by Gasteiger charge is -2.41. The zero-order chi connectivity index (χ0) is 25.4. The first-order valence-corrected chi connectivity index (χ1v) is 11.5. The van der Waals surface area contributed by atoms with Crippen LogP contribution in [0, 0.1) is 0 Å². The number of piperazine rings is 1. The molecule has 36 heavy (non-hydrogen) atoms. The van der Waals surface area contributed by atoms with Gasteiger partial charge in [0.2, 0.25) is 0 Å². The van der Waals surface area contributed by atoms with E-state index < -0.39 is 17.6 Å². The van der Waals surface area contributed by atoms with E-state index >= 15 is 0 Å². The van der Waals surface area contributed by atoms with Gasteiger partial charge in [-0.1, -0.05) is 24.3 Å². The predicted molar refractivity (Wildman–Crippen MR) is 129 cm³/mol. The Morgan fingerprint density at radius 2 is 1.78 bits per heavy atom. The van der Waals surface area contributed by atoms with Crippen LogP contribution in [0.15, 0.2) is 71.7 Å². The summed E-state index contributed by atoms with van der Waals surface area (Å²) in [5.74, 6) is 1.90. The van der Waals surface area contributed by atoms with Crippen LogP contribution in [-0.2, 0) is 6.18 Å². The predicted octanol–water partition coefficient (Wildman–Crippen LogP) is 5.74. The zero-order valence-electron chi connectivity index (χ0n) is 19.7. The molecule has 1 saturated heterocycles. The SMILES string of the molecule is COc1ccc2c(c1)C(N1CCN(C(=O)c3ccccc3C(F)(F)F)[C@@H](C)C1)=Nc1ccccc1O2. The topological polar surface area (TPSA) is 54.4 Å². The second kappa shape index (κ2) is 9.22. The number of aliphatic imine (C=N–C) groups is 1. The number of para-hydroxylation sites is 2. The van der Waals surface area contributed by atoms with Crippen molar-refractivity contribution in [3.8, 4) is 17.2 Å². The van der Waals surface area contributed by atoms with Gasteiger partial charge >= 0.3 is 6.18 Å². The Balaban J connectivity index is 1.46. The van der Waals surface area contributed by atoms with Crippen molar-refractivity contribution in [3.63, 3.8) is 0 Å². The van der Waals surface area contributed by atoms with Gasteiger partial charge in [-0.25, -0.2) is 4.99 Å². The third kappa shape index (κ3) is 4.36. The molecule has 0 aromatic heterocycles. The number of amides is 1. The third-order valence-electron chi connectivity index (χ3n) is 6.39. The molecule has 0 N–H and O–H groups in total. The molecule has 186 valence electrons. The molecule has 1 atom stereocenters. The van der Waals surface area contributed by atoms with Crippen molar-refractivity contribution in [2.75, 3.05) is 26.7 Å². The molecule has 2 heterocycles. The van der Waals surface area contributed by atoms with Crippen molar-refractivity contribution in [2.45, 2.75) is 19.1 Å². The van der Waals surface area contributed by atoms with Crippen LogP contribution in [0.3, 0.4) is 0 Å². The van der Waals surface area contributed by atoms with Crippen molar-refractivity contribution in [1.82, 2.24) is 9.80 Å². The summed E-state index contributed by atoms with van der Waals surface area (Å²) in [5, 5.41) is 0. The van der Waals surface area contributed by atoms with Crippen LogP contribution < -0.4 is 9.47 Å². The van der Waals surface area contributed by atoms with E-state index in [0.717, 1.165) is 11.6 Å². The Labute approximate surface area is 206 Å². The molecule has 0 saturated carbocycles. The lowest BCUT2D eigenvalue weighted by Crippen LogP contribution is -2.55. The number of benzene rings is 3. The highest BCUT2D eigenvalue weighted by Crippen LogP contribution is 2.39. The van der Waals surface area contributed by atoms with Crippen LogP contribution in [0.2, 0.25) is 0 Å². The van der Waals surface area contributed by atoms with Crippen LogP contribution in [-0.4, -0.2) is 54.3 Å². The van der Waals surface area contributed by atoms with E-state index in [1.54, 1.807) is 7.11 Å². The second-order valence-corrected chi connectivity index (χ2v) is 8.70. The maximum Gasteiger partial charge on any atom is 0.417 e. The van der Waals surface area contributed by atoms with E-state index in [4.69, 9.17) is 14.5 Å². The highest BCUT2D eigenvalue weighted by molar-refractivity contribution is 6.04. The maximum absolute atomic E-state index is 13.5. The standard InChI is InChI=1S/C27H24F3N3O3/c1-17-16-32(13-14-33(17)26(34)19-7-3-4-8-21(19)27(28,29)30)25-20-15-18(35-2)11-12-23(20)36-24-10-6-5-9-22(24)31-25/h3-12,15,17H,13-14,16H2,1-2H3/t17-/m0/s1. The minimum atomic E-state index is -4.61. The van der Waals surface area contributed by atoms with E-state index in [9.17, 15) is 18.0 Å². The summed E-state index contributed by atoms with van der Waals surface area (Å²) in [6.07, 6.45) is -4.61. The number of fused-ring (bicyclic) bond motifs is 2. The number of alkyl halides is 3. The van der Waals surface area contributed by atoms with Gasteiger partial charge < -0.3 is 19.3 Å². The lowest BCUT2D eigenvalue weighted by molar-refractivity contribution is -0.138. The summed E-state index contributed by atoms with van der Waals surface area (Å²) < 4.78 is 52.1. The lowest BCUT2D eigenvalue weighted by atomic mass is 10.0. The van der Waals surface area contributed by atoms with Crippen LogP contribution in [0.4, 0.5) is 18.9 Å². The van der Waals surface area contributed by atoms with Gasteiger partial charge in [-0.05, 0) is 49.4 Å².